The maximum Gasteiger partial charge on any atom is 0.231 e. The fourth-order valence-electron chi connectivity index (χ4n) is 2.98. The molecule has 0 aliphatic carbocycles. The van der Waals surface area contributed by atoms with Gasteiger partial charge in [0.15, 0.2) is 11.6 Å². The molecule has 4 rings (SSSR count). The van der Waals surface area contributed by atoms with Gasteiger partial charge in [-0.1, -0.05) is 18.2 Å². The first kappa shape index (κ1) is 20.0. The molecule has 8 nitrogen and oxygen atoms in total. The van der Waals surface area contributed by atoms with Crippen LogP contribution in [0, 0.1) is 0 Å². The lowest BCUT2D eigenvalue weighted by atomic mass is 10.1. The standard InChI is InChI=1S/C23H20N4O4/c1-30-15-8-10-17(19(28)12-15)21-25-22(18-11-9-16(31-2)13-20(18)29)27-23(26-21)24-14-6-4-3-5-7-14/h3-13,28-29H,1-2H3,(H,24,25,26,27). The largest absolute Gasteiger partial charge is 0.507 e. The fourth-order valence-corrected chi connectivity index (χ4v) is 2.98. The first-order valence-corrected chi connectivity index (χ1v) is 9.40. The van der Waals surface area contributed by atoms with E-state index >= 15 is 0 Å². The van der Waals surface area contributed by atoms with E-state index in [1.165, 1.54) is 26.4 Å². The van der Waals surface area contributed by atoms with Gasteiger partial charge >= 0.3 is 0 Å². The molecule has 0 radical (unpaired) electrons. The second-order valence-electron chi connectivity index (χ2n) is 6.56. The Hall–Kier alpha value is -4.33. The number of methoxy groups -OCH3 is 2. The number of benzene rings is 3. The maximum atomic E-state index is 10.5. The zero-order chi connectivity index (χ0) is 21.8. The van der Waals surface area contributed by atoms with Gasteiger partial charge < -0.3 is 25.0 Å². The van der Waals surface area contributed by atoms with Crippen LogP contribution in [-0.4, -0.2) is 39.4 Å². The molecule has 8 heteroatoms. The summed E-state index contributed by atoms with van der Waals surface area (Å²) in [6.07, 6.45) is 0. The molecule has 1 aromatic heterocycles. The third kappa shape index (κ3) is 4.32. The Balaban J connectivity index is 1.85. The molecule has 0 fully saturated rings. The van der Waals surface area contributed by atoms with Crippen molar-refractivity contribution in [3.63, 3.8) is 0 Å². The van der Waals surface area contributed by atoms with E-state index in [1.807, 2.05) is 30.3 Å². The van der Waals surface area contributed by atoms with Crippen LogP contribution < -0.4 is 14.8 Å². The molecule has 0 bridgehead atoms. The molecule has 156 valence electrons. The zero-order valence-corrected chi connectivity index (χ0v) is 16.9. The molecule has 31 heavy (non-hydrogen) atoms. The minimum Gasteiger partial charge on any atom is -0.507 e. The summed E-state index contributed by atoms with van der Waals surface area (Å²) in [6.45, 7) is 0. The second kappa shape index (κ2) is 8.58. The van der Waals surface area contributed by atoms with Gasteiger partial charge in [-0.2, -0.15) is 9.97 Å². The molecule has 0 saturated heterocycles. The van der Waals surface area contributed by atoms with Gasteiger partial charge in [0.05, 0.1) is 25.3 Å². The van der Waals surface area contributed by atoms with E-state index in [9.17, 15) is 10.2 Å². The molecule has 4 aromatic rings. The van der Waals surface area contributed by atoms with Crippen molar-refractivity contribution in [2.24, 2.45) is 0 Å². The van der Waals surface area contributed by atoms with Crippen molar-refractivity contribution in [2.75, 3.05) is 19.5 Å². The Morgan fingerprint density at radius 2 is 1.19 bits per heavy atom. The highest BCUT2D eigenvalue weighted by molar-refractivity contribution is 5.72. The number of anilines is 2. The van der Waals surface area contributed by atoms with Gasteiger partial charge in [-0.15, -0.1) is 0 Å². The third-order valence-electron chi connectivity index (χ3n) is 4.56. The number of para-hydroxylation sites is 1. The molecule has 0 atom stereocenters. The maximum absolute atomic E-state index is 10.5. The molecule has 1 heterocycles. The van der Waals surface area contributed by atoms with E-state index in [0.29, 0.717) is 22.6 Å². The van der Waals surface area contributed by atoms with Crippen molar-refractivity contribution in [2.45, 2.75) is 0 Å². The number of phenols is 2. The summed E-state index contributed by atoms with van der Waals surface area (Å²) in [5.74, 6) is 1.66. The van der Waals surface area contributed by atoms with Crippen LogP contribution in [0.15, 0.2) is 66.7 Å². The molecule has 0 amide bonds. The molecule has 0 aliphatic rings. The summed E-state index contributed by atoms with van der Waals surface area (Å²) in [5.41, 5.74) is 1.57. The van der Waals surface area contributed by atoms with Crippen molar-refractivity contribution in [1.29, 1.82) is 0 Å². The van der Waals surface area contributed by atoms with Crippen LogP contribution in [0.1, 0.15) is 0 Å². The normalized spacial score (nSPS) is 10.5. The highest BCUT2D eigenvalue weighted by Crippen LogP contribution is 2.35. The average Bonchev–Trinajstić information content (AvgIpc) is 2.79. The molecular formula is C23H20N4O4. The van der Waals surface area contributed by atoms with Crippen molar-refractivity contribution in [3.05, 3.63) is 66.7 Å². The lowest BCUT2D eigenvalue weighted by Crippen LogP contribution is -2.03. The molecule has 0 unspecified atom stereocenters. The molecule has 0 spiro atoms. The molecule has 3 aromatic carbocycles. The van der Waals surface area contributed by atoms with Gasteiger partial charge in [0, 0.05) is 17.8 Å². The number of nitrogens with zero attached hydrogens (tertiary/aromatic N) is 3. The SMILES string of the molecule is COc1ccc(-c2nc(Nc3ccccc3)nc(-c3ccc(OC)cc3O)n2)c(O)c1. The summed E-state index contributed by atoms with van der Waals surface area (Å²) in [6, 6.07) is 19.1. The highest BCUT2D eigenvalue weighted by Gasteiger charge is 2.16. The van der Waals surface area contributed by atoms with Crippen LogP contribution in [0.4, 0.5) is 11.6 Å². The minimum atomic E-state index is -0.0406. The van der Waals surface area contributed by atoms with E-state index < -0.39 is 0 Å². The Kier molecular flexibility index (Phi) is 5.53. The monoisotopic (exact) mass is 416 g/mol. The molecule has 0 aliphatic heterocycles. The fraction of sp³-hybridized carbons (Fsp3) is 0.0870. The van der Waals surface area contributed by atoms with Crippen LogP contribution >= 0.6 is 0 Å². The molecule has 3 N–H and O–H groups in total. The van der Waals surface area contributed by atoms with Gasteiger partial charge in [0.2, 0.25) is 5.95 Å². The summed E-state index contributed by atoms with van der Waals surface area (Å²) in [4.78, 5) is 13.4. The first-order valence-electron chi connectivity index (χ1n) is 9.40. The summed E-state index contributed by atoms with van der Waals surface area (Å²) < 4.78 is 10.3. The van der Waals surface area contributed by atoms with Crippen LogP contribution in [0.2, 0.25) is 0 Å². The number of hydrogen-bond donors (Lipinski definition) is 3. The van der Waals surface area contributed by atoms with Crippen LogP contribution in [0.25, 0.3) is 22.8 Å². The Labute approximate surface area is 178 Å². The number of nitrogens with one attached hydrogen (secondary N) is 1. The lowest BCUT2D eigenvalue weighted by Gasteiger charge is -2.12. The van der Waals surface area contributed by atoms with Crippen molar-refractivity contribution in [3.8, 4) is 45.8 Å². The quantitative estimate of drug-likeness (QED) is 0.425. The molecular weight excluding hydrogens is 396 g/mol. The van der Waals surface area contributed by atoms with Gasteiger partial charge in [-0.25, -0.2) is 4.98 Å². The zero-order valence-electron chi connectivity index (χ0n) is 16.9. The molecule has 0 saturated carbocycles. The summed E-state index contributed by atoms with van der Waals surface area (Å²) in [7, 11) is 3.04. The number of hydrogen-bond acceptors (Lipinski definition) is 8. The smallest absolute Gasteiger partial charge is 0.231 e. The van der Waals surface area contributed by atoms with Gasteiger partial charge in [-0.05, 0) is 36.4 Å². The number of aromatic nitrogens is 3. The van der Waals surface area contributed by atoms with E-state index in [1.54, 1.807) is 24.3 Å². The number of aromatic hydroxyl groups is 2. The Morgan fingerprint density at radius 3 is 1.65 bits per heavy atom. The van der Waals surface area contributed by atoms with Crippen LogP contribution in [-0.2, 0) is 0 Å². The predicted molar refractivity (Wildman–Crippen MR) is 117 cm³/mol. The van der Waals surface area contributed by atoms with Crippen molar-refractivity contribution >= 4 is 11.6 Å². The lowest BCUT2D eigenvalue weighted by molar-refractivity contribution is 0.408. The van der Waals surface area contributed by atoms with Crippen molar-refractivity contribution in [1.82, 2.24) is 15.0 Å². The van der Waals surface area contributed by atoms with Gasteiger partial charge in [0.25, 0.3) is 0 Å². The predicted octanol–water partition coefficient (Wildman–Crippen LogP) is 4.38. The van der Waals surface area contributed by atoms with Crippen molar-refractivity contribution < 1.29 is 19.7 Å². The number of rotatable bonds is 6. The topological polar surface area (TPSA) is 110 Å². The van der Waals surface area contributed by atoms with E-state index in [0.717, 1.165) is 5.69 Å². The Bertz CT molecular complexity index is 1140. The number of ether oxygens (including phenoxy) is 2. The highest BCUT2D eigenvalue weighted by atomic mass is 16.5. The Morgan fingerprint density at radius 1 is 0.677 bits per heavy atom. The summed E-state index contributed by atoms with van der Waals surface area (Å²) >= 11 is 0. The number of phenolic OH excluding ortho intramolecular Hbond substituents is 2. The van der Waals surface area contributed by atoms with E-state index in [-0.39, 0.29) is 29.1 Å². The average molecular weight is 416 g/mol. The first-order chi connectivity index (χ1) is 15.1. The van der Waals surface area contributed by atoms with Gasteiger partial charge in [-0.3, -0.25) is 0 Å². The van der Waals surface area contributed by atoms with Crippen LogP contribution in [0.3, 0.4) is 0 Å². The van der Waals surface area contributed by atoms with Gasteiger partial charge in [0.1, 0.15) is 23.0 Å². The third-order valence-corrected chi connectivity index (χ3v) is 4.56. The van der Waals surface area contributed by atoms with Crippen LogP contribution in [0.5, 0.6) is 23.0 Å². The van der Waals surface area contributed by atoms with E-state index in [4.69, 9.17) is 9.47 Å². The minimum absolute atomic E-state index is 0.0406. The second-order valence-corrected chi connectivity index (χ2v) is 6.56. The van der Waals surface area contributed by atoms with E-state index in [2.05, 4.69) is 20.3 Å². The summed E-state index contributed by atoms with van der Waals surface area (Å²) in [5, 5.41) is 24.1.